The number of ether oxygens (including phenoxy) is 1. The van der Waals surface area contributed by atoms with E-state index in [-0.39, 0.29) is 23.7 Å². The molecular weight excluding hydrogens is 789 g/mol. The molecule has 8 heterocycles. The minimum Gasteiger partial charge on any atom is -0.506 e. The van der Waals surface area contributed by atoms with Crippen molar-refractivity contribution in [2.24, 2.45) is 0 Å². The van der Waals surface area contributed by atoms with E-state index >= 15 is 0 Å². The molecule has 3 aromatic carbocycles. The number of carbonyl (C=O) groups is 2. The summed E-state index contributed by atoms with van der Waals surface area (Å²) in [5, 5.41) is 9.46. The third-order valence-electron chi connectivity index (χ3n) is 14.2. The van der Waals surface area contributed by atoms with Gasteiger partial charge in [0, 0.05) is 76.5 Å². The van der Waals surface area contributed by atoms with Gasteiger partial charge in [-0.3, -0.25) is 19.4 Å². The molecule has 2 amide bonds. The quantitative estimate of drug-likeness (QED) is 0.165. The van der Waals surface area contributed by atoms with Crippen LogP contribution >= 0.6 is 0 Å². The van der Waals surface area contributed by atoms with E-state index in [1.807, 2.05) is 46.3 Å². The first-order valence-corrected chi connectivity index (χ1v) is 22.7. The number of rotatable bonds is 11. The van der Waals surface area contributed by atoms with E-state index in [9.17, 15) is 14.7 Å². The van der Waals surface area contributed by atoms with Gasteiger partial charge in [-0.15, -0.1) is 0 Å². The molecule has 1 N–H and O–H groups in total. The number of nitrogens with zero attached hydrogens (tertiary/aromatic N) is 8. The van der Waals surface area contributed by atoms with Crippen LogP contribution in [0.3, 0.4) is 0 Å². The van der Waals surface area contributed by atoms with E-state index in [1.165, 1.54) is 28.5 Å². The van der Waals surface area contributed by atoms with E-state index in [2.05, 4.69) is 105 Å². The molecule has 326 valence electrons. The Bertz CT molecular complexity index is 2360. The zero-order valence-corrected chi connectivity index (χ0v) is 36.4. The maximum absolute atomic E-state index is 13.2. The number of carbonyl (C=O) groups excluding carboxylic acids is 2. The summed E-state index contributed by atoms with van der Waals surface area (Å²) in [5.41, 5.74) is 6.05. The van der Waals surface area contributed by atoms with Gasteiger partial charge in [-0.1, -0.05) is 90.0 Å². The summed E-state index contributed by atoms with van der Waals surface area (Å²) in [6.45, 7) is 11.5. The molecular formula is C51H58N8O4. The molecule has 12 nitrogen and oxygen atoms in total. The van der Waals surface area contributed by atoms with Crippen LogP contribution in [0, 0.1) is 13.8 Å². The normalized spacial score (nSPS) is 25.4. The second-order valence-electron chi connectivity index (χ2n) is 18.4. The second kappa shape index (κ2) is 17.7. The van der Waals surface area contributed by atoms with Gasteiger partial charge in [0.05, 0.1) is 24.5 Å². The summed E-state index contributed by atoms with van der Waals surface area (Å²) in [6, 6.07) is 36.5. The van der Waals surface area contributed by atoms with Gasteiger partial charge in [0.25, 0.3) is 0 Å². The van der Waals surface area contributed by atoms with E-state index < -0.39 is 0 Å². The highest BCUT2D eigenvalue weighted by Crippen LogP contribution is 2.39. The molecule has 0 aliphatic carbocycles. The molecule has 6 aliphatic rings. The monoisotopic (exact) mass is 846 g/mol. The van der Waals surface area contributed by atoms with Crippen molar-refractivity contribution < 1.29 is 19.4 Å². The average Bonchev–Trinajstić information content (AvgIpc) is 4.19. The Kier molecular flexibility index (Phi) is 11.5. The Morgan fingerprint density at radius 2 is 1.08 bits per heavy atom. The van der Waals surface area contributed by atoms with Gasteiger partial charge >= 0.3 is 0 Å². The number of amides is 2. The summed E-state index contributed by atoms with van der Waals surface area (Å²) < 4.78 is 5.90. The molecule has 5 aromatic rings. The number of aryl methyl sites for hydroxylation is 2. The molecule has 63 heavy (non-hydrogen) atoms. The van der Waals surface area contributed by atoms with E-state index in [0.29, 0.717) is 49.8 Å². The SMILES string of the molecule is Cc1ccc(CN2CC[C@@H](N3C[C@@H]4C[C@H]3CN4c3ccc(O)cn3)C2=O)cc1.Cc1ccc(CN2CC[C@@H](N3C[C@@H]4C[C@H]3CN4c3ccc(OCc4ccccc4)cn3)C2=O)cc1. The predicted molar refractivity (Wildman–Crippen MR) is 243 cm³/mol. The molecule has 4 bridgehead atoms. The molecule has 0 radical (unpaired) electrons. The summed E-state index contributed by atoms with van der Waals surface area (Å²) in [6.07, 6.45) is 7.37. The lowest BCUT2D eigenvalue weighted by Gasteiger charge is -2.37. The molecule has 6 saturated heterocycles. The Morgan fingerprint density at radius 3 is 1.52 bits per heavy atom. The van der Waals surface area contributed by atoms with Gasteiger partial charge in [-0.2, -0.15) is 0 Å². The minimum absolute atomic E-state index is 0.0235. The first-order valence-electron chi connectivity index (χ1n) is 22.7. The molecule has 0 unspecified atom stereocenters. The van der Waals surface area contributed by atoms with E-state index in [0.717, 1.165) is 87.9 Å². The van der Waals surface area contributed by atoms with Crippen LogP contribution in [-0.2, 0) is 29.3 Å². The number of pyridine rings is 2. The topological polar surface area (TPSA) is 109 Å². The highest BCUT2D eigenvalue weighted by Gasteiger charge is 2.51. The van der Waals surface area contributed by atoms with Crippen LogP contribution in [0.2, 0.25) is 0 Å². The lowest BCUT2D eigenvalue weighted by Crippen LogP contribution is -2.52. The fourth-order valence-corrected chi connectivity index (χ4v) is 10.8. The van der Waals surface area contributed by atoms with E-state index in [4.69, 9.17) is 9.72 Å². The van der Waals surface area contributed by atoms with Crippen molar-refractivity contribution in [3.63, 3.8) is 0 Å². The number of aromatic nitrogens is 2. The third kappa shape index (κ3) is 8.71. The number of fused-ring (bicyclic) bond motifs is 4. The van der Waals surface area contributed by atoms with Crippen molar-refractivity contribution in [1.82, 2.24) is 29.6 Å². The van der Waals surface area contributed by atoms with Crippen molar-refractivity contribution in [2.75, 3.05) is 49.1 Å². The van der Waals surface area contributed by atoms with Crippen molar-refractivity contribution in [3.8, 4) is 11.5 Å². The number of anilines is 2. The first kappa shape index (κ1) is 41.1. The Balaban J connectivity index is 0.000000153. The summed E-state index contributed by atoms with van der Waals surface area (Å²) in [4.78, 5) is 49.0. The Hall–Kier alpha value is -5.98. The predicted octanol–water partition coefficient (Wildman–Crippen LogP) is 6.19. The zero-order valence-electron chi connectivity index (χ0n) is 36.4. The number of benzene rings is 3. The summed E-state index contributed by atoms with van der Waals surface area (Å²) in [7, 11) is 0. The number of hydrogen-bond donors (Lipinski definition) is 1. The van der Waals surface area contributed by atoms with Crippen molar-refractivity contribution in [3.05, 3.63) is 143 Å². The first-order chi connectivity index (χ1) is 30.7. The van der Waals surface area contributed by atoms with Crippen LogP contribution in [0.15, 0.2) is 116 Å². The van der Waals surface area contributed by atoms with Gasteiger partial charge in [-0.25, -0.2) is 9.97 Å². The molecule has 0 saturated carbocycles. The standard InChI is InChI=1S/C29H32N4O2.C22H26N4O2/c1-21-7-9-22(10-8-21)17-31-14-13-27(29(31)34)32-18-25-15-24(32)19-33(25)28-12-11-26(16-30-28)35-20-23-5-3-2-4-6-23;1-15-2-4-16(5-3-15)12-24-9-8-20(22(24)28)25-13-18-10-17(25)14-26(18)21-7-6-19(27)11-23-21/h2-12,16,24-25,27H,13-15,17-20H2,1H3;2-7,11,17-18,20,27H,8-10,12-14H2,1H3/t24-,25-,27+;17-,18-,20+/m00/s1. The van der Waals surface area contributed by atoms with Crippen molar-refractivity contribution in [2.45, 2.75) is 95.5 Å². The Morgan fingerprint density at radius 1 is 0.571 bits per heavy atom. The molecule has 12 heteroatoms. The molecule has 2 aromatic heterocycles. The van der Waals surface area contributed by atoms with Crippen molar-refractivity contribution in [1.29, 1.82) is 0 Å². The molecule has 0 spiro atoms. The summed E-state index contributed by atoms with van der Waals surface area (Å²) >= 11 is 0. The van der Waals surface area contributed by atoms with Gasteiger partial charge in [0.1, 0.15) is 29.7 Å². The van der Waals surface area contributed by atoms with Gasteiger partial charge in [-0.05, 0) is 80.5 Å². The van der Waals surface area contributed by atoms with Crippen LogP contribution in [0.5, 0.6) is 11.5 Å². The Labute approximate surface area is 370 Å². The second-order valence-corrected chi connectivity index (χ2v) is 18.4. The lowest BCUT2D eigenvalue weighted by molar-refractivity contribution is -0.133. The highest BCUT2D eigenvalue weighted by molar-refractivity contribution is 5.84. The average molecular weight is 847 g/mol. The maximum atomic E-state index is 13.2. The molecule has 11 rings (SSSR count). The van der Waals surface area contributed by atoms with Gasteiger partial charge < -0.3 is 29.4 Å². The lowest BCUT2D eigenvalue weighted by atomic mass is 10.1. The van der Waals surface area contributed by atoms with E-state index in [1.54, 1.807) is 6.07 Å². The highest BCUT2D eigenvalue weighted by atomic mass is 16.5. The van der Waals surface area contributed by atoms with Crippen LogP contribution in [0.25, 0.3) is 0 Å². The number of piperazine rings is 2. The van der Waals surface area contributed by atoms with Crippen LogP contribution < -0.4 is 14.5 Å². The molecule has 6 fully saturated rings. The molecule has 6 aliphatic heterocycles. The fraction of sp³-hybridized carbons (Fsp3) is 0.412. The van der Waals surface area contributed by atoms with Crippen molar-refractivity contribution >= 4 is 23.5 Å². The smallest absolute Gasteiger partial charge is 0.240 e. The fourth-order valence-electron chi connectivity index (χ4n) is 10.8. The number of aromatic hydroxyl groups is 1. The minimum atomic E-state index is 0.0235. The summed E-state index contributed by atoms with van der Waals surface area (Å²) in [5.74, 6) is 3.48. The maximum Gasteiger partial charge on any atom is 0.240 e. The van der Waals surface area contributed by atoms with Crippen LogP contribution in [0.4, 0.5) is 11.6 Å². The largest absolute Gasteiger partial charge is 0.506 e. The molecule has 6 atom stereocenters. The van der Waals surface area contributed by atoms with Crippen LogP contribution in [-0.4, -0.2) is 122 Å². The van der Waals surface area contributed by atoms with Crippen LogP contribution in [0.1, 0.15) is 53.5 Å². The third-order valence-corrected chi connectivity index (χ3v) is 14.2. The van der Waals surface area contributed by atoms with Gasteiger partial charge in [0.15, 0.2) is 0 Å². The zero-order chi connectivity index (χ0) is 43.0. The van der Waals surface area contributed by atoms with Gasteiger partial charge in [0.2, 0.25) is 11.8 Å². The number of likely N-dealkylation sites (tertiary alicyclic amines) is 4. The number of hydrogen-bond acceptors (Lipinski definition) is 10.